The lowest BCUT2D eigenvalue weighted by molar-refractivity contribution is -0.0725. The van der Waals surface area contributed by atoms with Crippen molar-refractivity contribution in [3.05, 3.63) is 24.2 Å². The Hall–Kier alpha value is -1.99. The maximum absolute atomic E-state index is 6.09. The molecule has 1 aliphatic carbocycles. The number of rotatable bonds is 5. The molecule has 7 nitrogen and oxygen atoms in total. The van der Waals surface area contributed by atoms with Gasteiger partial charge in [-0.05, 0) is 51.7 Å². The SMILES string of the molecule is C[C@H]1CN(Cc2nc(-c3cccnc3OC3CCCC3)no2)C[C@H](C)O1. The van der Waals surface area contributed by atoms with E-state index in [1.165, 1.54) is 12.8 Å². The molecule has 0 bridgehead atoms. The number of nitrogens with zero attached hydrogens (tertiary/aromatic N) is 4. The average Bonchev–Trinajstić information content (AvgIpc) is 3.26. The van der Waals surface area contributed by atoms with Gasteiger partial charge in [-0.3, -0.25) is 4.90 Å². The zero-order valence-electron chi connectivity index (χ0n) is 15.4. The standard InChI is InChI=1S/C19H26N4O3/c1-13-10-23(11-14(2)24-13)12-17-21-18(22-26-17)16-8-5-9-20-19(16)25-15-6-3-4-7-15/h5,8-9,13-15H,3-4,6-7,10-12H2,1-2H3/t13-,14-/m0/s1. The van der Waals surface area contributed by atoms with E-state index >= 15 is 0 Å². The van der Waals surface area contributed by atoms with Crippen LogP contribution in [0.25, 0.3) is 11.4 Å². The van der Waals surface area contributed by atoms with Crippen molar-refractivity contribution >= 4 is 0 Å². The Morgan fingerprint density at radius 1 is 1.19 bits per heavy atom. The first kappa shape index (κ1) is 17.4. The van der Waals surface area contributed by atoms with Crippen LogP contribution >= 0.6 is 0 Å². The van der Waals surface area contributed by atoms with Gasteiger partial charge in [-0.1, -0.05) is 5.16 Å². The fourth-order valence-corrected chi connectivity index (χ4v) is 3.85. The summed E-state index contributed by atoms with van der Waals surface area (Å²) in [7, 11) is 0. The molecule has 1 saturated heterocycles. The van der Waals surface area contributed by atoms with Gasteiger partial charge >= 0.3 is 0 Å². The normalized spacial score (nSPS) is 24.8. The lowest BCUT2D eigenvalue weighted by Crippen LogP contribution is -2.44. The summed E-state index contributed by atoms with van der Waals surface area (Å²) in [5.74, 6) is 1.74. The van der Waals surface area contributed by atoms with Gasteiger partial charge in [-0.2, -0.15) is 4.98 Å². The van der Waals surface area contributed by atoms with Crippen molar-refractivity contribution < 1.29 is 14.0 Å². The van der Waals surface area contributed by atoms with Crippen LogP contribution in [-0.2, 0) is 11.3 Å². The number of pyridine rings is 1. The van der Waals surface area contributed by atoms with Crippen molar-refractivity contribution in [2.45, 2.75) is 64.4 Å². The van der Waals surface area contributed by atoms with Crippen molar-refractivity contribution in [2.75, 3.05) is 13.1 Å². The van der Waals surface area contributed by atoms with E-state index in [0.717, 1.165) is 31.5 Å². The smallest absolute Gasteiger partial charge is 0.241 e. The molecule has 2 aromatic rings. The second-order valence-corrected chi connectivity index (χ2v) is 7.34. The van der Waals surface area contributed by atoms with Crippen molar-refractivity contribution in [1.29, 1.82) is 0 Å². The Morgan fingerprint density at radius 2 is 1.96 bits per heavy atom. The maximum Gasteiger partial charge on any atom is 0.241 e. The molecule has 0 N–H and O–H groups in total. The molecule has 0 radical (unpaired) electrons. The number of hydrogen-bond acceptors (Lipinski definition) is 7. The summed E-state index contributed by atoms with van der Waals surface area (Å²) in [5, 5.41) is 4.16. The number of aromatic nitrogens is 3. The van der Waals surface area contributed by atoms with E-state index in [4.69, 9.17) is 14.0 Å². The van der Waals surface area contributed by atoms with Crippen LogP contribution < -0.4 is 4.74 Å². The van der Waals surface area contributed by atoms with Crippen molar-refractivity contribution in [1.82, 2.24) is 20.0 Å². The van der Waals surface area contributed by atoms with E-state index in [9.17, 15) is 0 Å². The van der Waals surface area contributed by atoms with Gasteiger partial charge in [-0.15, -0.1) is 0 Å². The summed E-state index contributed by atoms with van der Waals surface area (Å²) in [6.07, 6.45) is 7.02. The van der Waals surface area contributed by atoms with Crippen LogP contribution in [0.1, 0.15) is 45.4 Å². The summed E-state index contributed by atoms with van der Waals surface area (Å²) < 4.78 is 17.4. The summed E-state index contributed by atoms with van der Waals surface area (Å²) in [6.45, 7) is 6.54. The predicted molar refractivity (Wildman–Crippen MR) is 95.7 cm³/mol. The molecule has 2 aromatic heterocycles. The Labute approximate surface area is 153 Å². The first-order valence-electron chi connectivity index (χ1n) is 9.50. The highest BCUT2D eigenvalue weighted by atomic mass is 16.5. The first-order valence-corrected chi connectivity index (χ1v) is 9.50. The van der Waals surface area contributed by atoms with Gasteiger partial charge in [0, 0.05) is 19.3 Å². The molecule has 2 atom stereocenters. The molecule has 3 heterocycles. The minimum absolute atomic E-state index is 0.214. The minimum Gasteiger partial charge on any atom is -0.474 e. The van der Waals surface area contributed by atoms with Crippen LogP contribution in [0.4, 0.5) is 0 Å². The molecule has 0 amide bonds. The third kappa shape index (κ3) is 4.04. The third-order valence-electron chi connectivity index (χ3n) is 4.91. The zero-order valence-corrected chi connectivity index (χ0v) is 15.4. The van der Waals surface area contributed by atoms with Gasteiger partial charge < -0.3 is 14.0 Å². The Kier molecular flexibility index (Phi) is 5.17. The molecule has 7 heteroatoms. The van der Waals surface area contributed by atoms with Crippen molar-refractivity contribution in [3.8, 4) is 17.3 Å². The molecule has 140 valence electrons. The second-order valence-electron chi connectivity index (χ2n) is 7.34. The molecule has 1 saturated carbocycles. The largest absolute Gasteiger partial charge is 0.474 e. The van der Waals surface area contributed by atoms with Gasteiger partial charge in [0.2, 0.25) is 17.6 Å². The van der Waals surface area contributed by atoms with E-state index in [1.54, 1.807) is 6.20 Å². The Morgan fingerprint density at radius 3 is 2.73 bits per heavy atom. The Balaban J connectivity index is 1.47. The van der Waals surface area contributed by atoms with Crippen molar-refractivity contribution in [2.24, 2.45) is 0 Å². The number of morpholine rings is 1. The van der Waals surface area contributed by atoms with Crippen molar-refractivity contribution in [3.63, 3.8) is 0 Å². The van der Waals surface area contributed by atoms with Gasteiger partial charge in [-0.25, -0.2) is 4.98 Å². The van der Waals surface area contributed by atoms with E-state index in [1.807, 2.05) is 12.1 Å². The lowest BCUT2D eigenvalue weighted by Gasteiger charge is -2.34. The molecule has 0 unspecified atom stereocenters. The van der Waals surface area contributed by atoms with E-state index in [2.05, 4.69) is 33.9 Å². The summed E-state index contributed by atoms with van der Waals surface area (Å²) >= 11 is 0. The van der Waals surface area contributed by atoms with E-state index in [0.29, 0.717) is 24.1 Å². The first-order chi connectivity index (χ1) is 12.7. The minimum atomic E-state index is 0.214. The second kappa shape index (κ2) is 7.72. The molecule has 0 aromatic carbocycles. The van der Waals surface area contributed by atoms with Crippen LogP contribution in [-0.4, -0.2) is 51.4 Å². The van der Waals surface area contributed by atoms with E-state index in [-0.39, 0.29) is 18.3 Å². The summed E-state index contributed by atoms with van der Waals surface area (Å²) in [4.78, 5) is 11.3. The summed E-state index contributed by atoms with van der Waals surface area (Å²) in [5.41, 5.74) is 0.790. The predicted octanol–water partition coefficient (Wildman–Crippen LogP) is 3.06. The van der Waals surface area contributed by atoms with Crippen LogP contribution in [0.5, 0.6) is 5.88 Å². The molecule has 0 spiro atoms. The quantitative estimate of drug-likeness (QED) is 0.813. The molecule has 4 rings (SSSR count). The molecule has 2 fully saturated rings. The van der Waals surface area contributed by atoms with Crippen LogP contribution in [0, 0.1) is 0 Å². The maximum atomic E-state index is 6.09. The van der Waals surface area contributed by atoms with Gasteiger partial charge in [0.05, 0.1) is 24.3 Å². The van der Waals surface area contributed by atoms with Crippen LogP contribution in [0.2, 0.25) is 0 Å². The topological polar surface area (TPSA) is 73.5 Å². The highest BCUT2D eigenvalue weighted by Crippen LogP contribution is 2.30. The molecular weight excluding hydrogens is 332 g/mol. The van der Waals surface area contributed by atoms with Gasteiger partial charge in [0.25, 0.3) is 0 Å². The lowest BCUT2D eigenvalue weighted by atomic mass is 10.2. The molecule has 1 aliphatic heterocycles. The molecule has 26 heavy (non-hydrogen) atoms. The van der Waals surface area contributed by atoms with Gasteiger partial charge in [0.1, 0.15) is 6.10 Å². The Bertz CT molecular complexity index is 719. The molecular formula is C19H26N4O3. The average molecular weight is 358 g/mol. The van der Waals surface area contributed by atoms with E-state index < -0.39 is 0 Å². The zero-order chi connectivity index (χ0) is 17.9. The molecule has 2 aliphatic rings. The van der Waals surface area contributed by atoms with Gasteiger partial charge in [0.15, 0.2) is 0 Å². The highest BCUT2D eigenvalue weighted by Gasteiger charge is 2.25. The highest BCUT2D eigenvalue weighted by molar-refractivity contribution is 5.60. The van der Waals surface area contributed by atoms with Crippen LogP contribution in [0.3, 0.4) is 0 Å². The fraction of sp³-hybridized carbons (Fsp3) is 0.632. The fourth-order valence-electron chi connectivity index (χ4n) is 3.85. The monoisotopic (exact) mass is 358 g/mol. The number of ether oxygens (including phenoxy) is 2. The third-order valence-corrected chi connectivity index (χ3v) is 4.91. The summed E-state index contributed by atoms with van der Waals surface area (Å²) in [6, 6.07) is 3.81. The van der Waals surface area contributed by atoms with Crippen LogP contribution in [0.15, 0.2) is 22.9 Å². The number of hydrogen-bond donors (Lipinski definition) is 0.